The van der Waals surface area contributed by atoms with Gasteiger partial charge >= 0.3 is 0 Å². The molecular weight excluding hydrogens is 260 g/mol. The molecule has 3 nitrogen and oxygen atoms in total. The quantitative estimate of drug-likeness (QED) is 0.794. The van der Waals surface area contributed by atoms with Gasteiger partial charge in [-0.2, -0.15) is 0 Å². The SMILES string of the molecule is C=CC(=O)N(C)C1CC2CCC(C1)N2Cc1ccccc1. The Balaban J connectivity index is 1.67. The molecule has 3 heteroatoms. The molecule has 2 unspecified atom stereocenters. The number of hydrogen-bond donors (Lipinski definition) is 0. The Kier molecular flexibility index (Phi) is 4.11. The van der Waals surface area contributed by atoms with Crippen molar-refractivity contribution in [3.8, 4) is 0 Å². The molecule has 2 fully saturated rings. The lowest BCUT2D eigenvalue weighted by Crippen LogP contribution is -2.50. The standard InChI is InChI=1S/C18H24N2O/c1-3-18(21)19(2)17-11-15-9-10-16(12-17)20(15)13-14-7-5-4-6-8-14/h3-8,15-17H,1,9-13H2,2H3. The molecule has 2 saturated heterocycles. The monoisotopic (exact) mass is 284 g/mol. The summed E-state index contributed by atoms with van der Waals surface area (Å²) in [5.74, 6) is 0.0518. The second-order valence-electron chi connectivity index (χ2n) is 6.32. The van der Waals surface area contributed by atoms with Gasteiger partial charge in [-0.25, -0.2) is 0 Å². The number of rotatable bonds is 4. The van der Waals surface area contributed by atoms with Crippen molar-refractivity contribution in [2.45, 2.75) is 50.4 Å². The molecule has 1 aromatic rings. The molecule has 3 rings (SSSR count). The summed E-state index contributed by atoms with van der Waals surface area (Å²) < 4.78 is 0. The first-order valence-corrected chi connectivity index (χ1v) is 7.88. The van der Waals surface area contributed by atoms with E-state index in [1.165, 1.54) is 24.5 Å². The van der Waals surface area contributed by atoms with Gasteiger partial charge in [-0.1, -0.05) is 36.9 Å². The second kappa shape index (κ2) is 6.02. The molecule has 0 aliphatic carbocycles. The van der Waals surface area contributed by atoms with Gasteiger partial charge < -0.3 is 4.90 Å². The van der Waals surface area contributed by atoms with Crippen LogP contribution in [-0.2, 0) is 11.3 Å². The lowest BCUT2D eigenvalue weighted by atomic mass is 9.95. The summed E-state index contributed by atoms with van der Waals surface area (Å²) in [6.45, 7) is 4.64. The highest BCUT2D eigenvalue weighted by atomic mass is 16.2. The summed E-state index contributed by atoms with van der Waals surface area (Å²) in [6.07, 6.45) is 6.16. The van der Waals surface area contributed by atoms with E-state index in [1.807, 2.05) is 11.9 Å². The number of likely N-dealkylation sites (N-methyl/N-ethyl adjacent to an activating group) is 1. The molecule has 0 radical (unpaired) electrons. The summed E-state index contributed by atoms with van der Waals surface area (Å²) in [5, 5.41) is 0. The van der Waals surface area contributed by atoms with Gasteiger partial charge in [0.1, 0.15) is 0 Å². The van der Waals surface area contributed by atoms with Crippen molar-refractivity contribution in [2.24, 2.45) is 0 Å². The van der Waals surface area contributed by atoms with Crippen LogP contribution in [0.25, 0.3) is 0 Å². The fourth-order valence-corrected chi connectivity index (χ4v) is 3.94. The van der Waals surface area contributed by atoms with Crippen molar-refractivity contribution in [3.05, 3.63) is 48.6 Å². The lowest BCUT2D eigenvalue weighted by molar-refractivity contribution is -0.128. The highest BCUT2D eigenvalue weighted by Crippen LogP contribution is 2.38. The Morgan fingerprint density at radius 2 is 1.90 bits per heavy atom. The van der Waals surface area contributed by atoms with Crippen LogP contribution < -0.4 is 0 Å². The van der Waals surface area contributed by atoms with E-state index >= 15 is 0 Å². The zero-order valence-electron chi connectivity index (χ0n) is 12.7. The third-order valence-electron chi connectivity index (χ3n) is 5.14. The number of nitrogens with zero attached hydrogens (tertiary/aromatic N) is 2. The molecule has 0 saturated carbocycles. The lowest BCUT2D eigenvalue weighted by Gasteiger charge is -2.42. The molecule has 2 aliphatic rings. The summed E-state index contributed by atoms with van der Waals surface area (Å²) >= 11 is 0. The van der Waals surface area contributed by atoms with Crippen LogP contribution in [-0.4, -0.2) is 40.9 Å². The number of hydrogen-bond acceptors (Lipinski definition) is 2. The second-order valence-corrected chi connectivity index (χ2v) is 6.32. The Morgan fingerprint density at radius 1 is 1.29 bits per heavy atom. The first-order chi connectivity index (χ1) is 10.2. The minimum absolute atomic E-state index is 0.0518. The van der Waals surface area contributed by atoms with Gasteiger partial charge in [0.15, 0.2) is 0 Å². The van der Waals surface area contributed by atoms with Crippen LogP contribution >= 0.6 is 0 Å². The predicted molar refractivity (Wildman–Crippen MR) is 84.8 cm³/mol. The molecule has 2 bridgehead atoms. The number of fused-ring (bicyclic) bond motifs is 2. The van der Waals surface area contributed by atoms with E-state index in [2.05, 4.69) is 41.8 Å². The van der Waals surface area contributed by atoms with Gasteiger partial charge in [0.25, 0.3) is 0 Å². The number of piperidine rings is 1. The maximum atomic E-state index is 11.8. The predicted octanol–water partition coefficient (Wildman–Crippen LogP) is 2.83. The van der Waals surface area contributed by atoms with E-state index in [9.17, 15) is 4.79 Å². The molecule has 0 spiro atoms. The van der Waals surface area contributed by atoms with Gasteiger partial charge in [-0.3, -0.25) is 9.69 Å². The molecular formula is C18H24N2O. The zero-order chi connectivity index (χ0) is 14.8. The Labute approximate surface area is 127 Å². The molecule has 112 valence electrons. The summed E-state index contributed by atoms with van der Waals surface area (Å²) in [5.41, 5.74) is 1.39. The van der Waals surface area contributed by atoms with E-state index in [0.29, 0.717) is 18.1 Å². The minimum atomic E-state index is 0.0518. The highest BCUT2D eigenvalue weighted by Gasteiger charge is 2.42. The van der Waals surface area contributed by atoms with Crippen molar-refractivity contribution in [1.82, 2.24) is 9.80 Å². The third-order valence-corrected chi connectivity index (χ3v) is 5.14. The van der Waals surface area contributed by atoms with Gasteiger partial charge in [0.05, 0.1) is 0 Å². The molecule has 1 aromatic carbocycles. The number of carbonyl (C=O) groups excluding carboxylic acids is 1. The molecule has 2 atom stereocenters. The van der Waals surface area contributed by atoms with Crippen molar-refractivity contribution in [1.29, 1.82) is 0 Å². The molecule has 2 heterocycles. The van der Waals surface area contributed by atoms with Crippen LogP contribution in [0.1, 0.15) is 31.2 Å². The van der Waals surface area contributed by atoms with Crippen LogP contribution in [0.5, 0.6) is 0 Å². The van der Waals surface area contributed by atoms with Crippen LogP contribution in [0.2, 0.25) is 0 Å². The Bertz CT molecular complexity index is 499. The van der Waals surface area contributed by atoms with Crippen molar-refractivity contribution >= 4 is 5.91 Å². The van der Waals surface area contributed by atoms with E-state index in [0.717, 1.165) is 19.4 Å². The van der Waals surface area contributed by atoms with Gasteiger partial charge in [-0.15, -0.1) is 0 Å². The smallest absolute Gasteiger partial charge is 0.245 e. The topological polar surface area (TPSA) is 23.6 Å². The van der Waals surface area contributed by atoms with Gasteiger partial charge in [-0.05, 0) is 37.3 Å². The molecule has 0 aromatic heterocycles. The third kappa shape index (κ3) is 2.88. The Morgan fingerprint density at radius 3 is 2.48 bits per heavy atom. The fourth-order valence-electron chi connectivity index (χ4n) is 3.94. The number of benzene rings is 1. The molecule has 1 amide bonds. The average molecular weight is 284 g/mol. The van der Waals surface area contributed by atoms with Crippen LogP contribution in [0, 0.1) is 0 Å². The summed E-state index contributed by atoms with van der Waals surface area (Å²) in [4.78, 5) is 16.3. The van der Waals surface area contributed by atoms with E-state index < -0.39 is 0 Å². The fraction of sp³-hybridized carbons (Fsp3) is 0.500. The minimum Gasteiger partial charge on any atom is -0.339 e. The highest BCUT2D eigenvalue weighted by molar-refractivity contribution is 5.87. The average Bonchev–Trinajstić information content (AvgIpc) is 2.76. The van der Waals surface area contributed by atoms with Crippen molar-refractivity contribution in [2.75, 3.05) is 7.05 Å². The normalized spacial score (nSPS) is 28.3. The summed E-state index contributed by atoms with van der Waals surface area (Å²) in [6, 6.07) is 12.3. The van der Waals surface area contributed by atoms with Crippen molar-refractivity contribution < 1.29 is 4.79 Å². The van der Waals surface area contributed by atoms with E-state index in [1.54, 1.807) is 0 Å². The Hall–Kier alpha value is -1.61. The summed E-state index contributed by atoms with van der Waals surface area (Å²) in [7, 11) is 1.92. The van der Waals surface area contributed by atoms with E-state index in [4.69, 9.17) is 0 Å². The zero-order valence-corrected chi connectivity index (χ0v) is 12.7. The van der Waals surface area contributed by atoms with Crippen molar-refractivity contribution in [3.63, 3.8) is 0 Å². The first-order valence-electron chi connectivity index (χ1n) is 7.88. The number of amides is 1. The van der Waals surface area contributed by atoms with Crippen LogP contribution in [0.15, 0.2) is 43.0 Å². The molecule has 21 heavy (non-hydrogen) atoms. The largest absolute Gasteiger partial charge is 0.339 e. The van der Waals surface area contributed by atoms with Crippen LogP contribution in [0.3, 0.4) is 0 Å². The first kappa shape index (κ1) is 14.3. The van der Waals surface area contributed by atoms with Crippen LogP contribution in [0.4, 0.5) is 0 Å². The maximum absolute atomic E-state index is 11.8. The van der Waals surface area contributed by atoms with Gasteiger partial charge in [0.2, 0.25) is 5.91 Å². The molecule has 0 N–H and O–H groups in total. The van der Waals surface area contributed by atoms with E-state index in [-0.39, 0.29) is 5.91 Å². The van der Waals surface area contributed by atoms with Gasteiger partial charge in [0, 0.05) is 31.7 Å². The molecule has 2 aliphatic heterocycles. The number of carbonyl (C=O) groups is 1. The maximum Gasteiger partial charge on any atom is 0.245 e.